The van der Waals surface area contributed by atoms with Crippen LogP contribution < -0.4 is 4.72 Å². The van der Waals surface area contributed by atoms with E-state index in [1.807, 2.05) is 30.3 Å². The zero-order chi connectivity index (χ0) is 19.6. The maximum atomic E-state index is 13.3. The normalized spacial score (nSPS) is 11.3. The Bertz CT molecular complexity index is 1220. The van der Waals surface area contributed by atoms with Gasteiger partial charge in [0.15, 0.2) is 0 Å². The number of rotatable bonds is 5. The summed E-state index contributed by atoms with van der Waals surface area (Å²) < 4.78 is 46.2. The van der Waals surface area contributed by atoms with Crippen LogP contribution in [0, 0.1) is 5.82 Å². The van der Waals surface area contributed by atoms with E-state index in [0.717, 1.165) is 11.6 Å². The number of benzene rings is 3. The van der Waals surface area contributed by atoms with Gasteiger partial charge in [-0.2, -0.15) is 4.98 Å². The molecule has 0 amide bonds. The van der Waals surface area contributed by atoms with Gasteiger partial charge in [-0.25, -0.2) is 12.8 Å². The maximum absolute atomic E-state index is 13.3. The lowest BCUT2D eigenvalue weighted by Gasteiger charge is -2.08. The number of halogens is 1. The molecule has 1 aromatic heterocycles. The van der Waals surface area contributed by atoms with Crippen molar-refractivity contribution in [1.82, 2.24) is 10.1 Å². The lowest BCUT2D eigenvalue weighted by atomic mass is 10.2. The molecule has 1 N–H and O–H groups in total. The predicted molar refractivity (Wildman–Crippen MR) is 102 cm³/mol. The summed E-state index contributed by atoms with van der Waals surface area (Å²) in [4.78, 5) is 4.32. The monoisotopic (exact) mass is 395 g/mol. The Morgan fingerprint density at radius 2 is 1.61 bits per heavy atom. The number of nitrogens with one attached hydrogen (secondary N) is 1. The minimum atomic E-state index is -3.91. The van der Waals surface area contributed by atoms with Crippen molar-refractivity contribution in [2.45, 2.75) is 4.90 Å². The van der Waals surface area contributed by atoms with Gasteiger partial charge in [0.2, 0.25) is 5.82 Å². The van der Waals surface area contributed by atoms with Gasteiger partial charge in [-0.05, 0) is 36.4 Å². The third-order valence-electron chi connectivity index (χ3n) is 3.93. The molecule has 4 aromatic rings. The molecule has 0 aliphatic rings. The number of nitrogens with zero attached hydrogens (tertiary/aromatic N) is 2. The second kappa shape index (κ2) is 7.24. The first kappa shape index (κ1) is 17.9. The van der Waals surface area contributed by atoms with Crippen LogP contribution in [0.4, 0.5) is 10.1 Å². The average Bonchev–Trinajstić information content (AvgIpc) is 3.19. The summed E-state index contributed by atoms with van der Waals surface area (Å²) >= 11 is 0. The average molecular weight is 395 g/mol. The van der Waals surface area contributed by atoms with E-state index in [9.17, 15) is 12.8 Å². The molecule has 28 heavy (non-hydrogen) atoms. The van der Waals surface area contributed by atoms with E-state index in [2.05, 4.69) is 14.9 Å². The molecule has 0 aliphatic carbocycles. The van der Waals surface area contributed by atoms with E-state index in [1.165, 1.54) is 30.3 Å². The van der Waals surface area contributed by atoms with Crippen LogP contribution in [0.5, 0.6) is 0 Å². The third kappa shape index (κ3) is 3.77. The van der Waals surface area contributed by atoms with Gasteiger partial charge < -0.3 is 4.52 Å². The second-order valence-electron chi connectivity index (χ2n) is 5.93. The summed E-state index contributed by atoms with van der Waals surface area (Å²) in [5.41, 5.74) is 1.38. The molecule has 140 valence electrons. The molecule has 3 aromatic carbocycles. The SMILES string of the molecule is O=S(=O)(Nc1cccc(F)c1)c1cccc(-c2nc(-c3ccccc3)no2)c1. The minimum absolute atomic E-state index is 0.00581. The predicted octanol–water partition coefficient (Wildman–Crippen LogP) is 4.34. The number of hydrogen-bond acceptors (Lipinski definition) is 5. The van der Waals surface area contributed by atoms with Crippen molar-refractivity contribution in [2.24, 2.45) is 0 Å². The van der Waals surface area contributed by atoms with Gasteiger partial charge >= 0.3 is 0 Å². The molecule has 0 radical (unpaired) electrons. The van der Waals surface area contributed by atoms with Gasteiger partial charge in [-0.15, -0.1) is 0 Å². The Balaban J connectivity index is 1.64. The lowest BCUT2D eigenvalue weighted by Crippen LogP contribution is -2.13. The topological polar surface area (TPSA) is 85.1 Å². The molecule has 0 fully saturated rings. The first-order valence-corrected chi connectivity index (χ1v) is 9.77. The van der Waals surface area contributed by atoms with Crippen LogP contribution in [-0.2, 0) is 10.0 Å². The standard InChI is InChI=1S/C20H14FN3O3S/c21-16-9-5-10-17(13-16)24-28(25,26)18-11-4-8-15(12-18)20-22-19(23-27-20)14-6-2-1-3-7-14/h1-13,24H. The van der Waals surface area contributed by atoms with Crippen molar-refractivity contribution in [3.8, 4) is 22.8 Å². The van der Waals surface area contributed by atoms with Crippen LogP contribution >= 0.6 is 0 Å². The third-order valence-corrected chi connectivity index (χ3v) is 5.31. The Morgan fingerprint density at radius 3 is 2.39 bits per heavy atom. The van der Waals surface area contributed by atoms with E-state index < -0.39 is 15.8 Å². The van der Waals surface area contributed by atoms with Crippen LogP contribution in [-0.4, -0.2) is 18.6 Å². The van der Waals surface area contributed by atoms with Crippen molar-refractivity contribution in [1.29, 1.82) is 0 Å². The molecule has 8 heteroatoms. The van der Waals surface area contributed by atoms with E-state index >= 15 is 0 Å². The summed E-state index contributed by atoms with van der Waals surface area (Å²) in [5, 5.41) is 3.94. The van der Waals surface area contributed by atoms with Crippen LogP contribution in [0.15, 0.2) is 88.3 Å². The largest absolute Gasteiger partial charge is 0.334 e. The molecular formula is C20H14FN3O3S. The molecule has 6 nitrogen and oxygen atoms in total. The summed E-state index contributed by atoms with van der Waals surface area (Å²) in [7, 11) is -3.91. The van der Waals surface area contributed by atoms with E-state index in [0.29, 0.717) is 11.4 Å². The lowest BCUT2D eigenvalue weighted by molar-refractivity contribution is 0.432. The summed E-state index contributed by atoms with van der Waals surface area (Å²) in [6, 6.07) is 20.6. The Kier molecular flexibility index (Phi) is 4.62. The van der Waals surface area contributed by atoms with E-state index in [1.54, 1.807) is 12.1 Å². The van der Waals surface area contributed by atoms with Crippen molar-refractivity contribution >= 4 is 15.7 Å². The first-order valence-electron chi connectivity index (χ1n) is 8.29. The smallest absolute Gasteiger partial charge is 0.261 e. The van der Waals surface area contributed by atoms with Gasteiger partial charge in [0, 0.05) is 11.1 Å². The van der Waals surface area contributed by atoms with Gasteiger partial charge in [-0.3, -0.25) is 4.72 Å². The van der Waals surface area contributed by atoms with Crippen LogP contribution in [0.1, 0.15) is 0 Å². The fourth-order valence-electron chi connectivity index (χ4n) is 2.61. The van der Waals surface area contributed by atoms with E-state index in [4.69, 9.17) is 4.52 Å². The molecule has 0 atom stereocenters. The highest BCUT2D eigenvalue weighted by atomic mass is 32.2. The van der Waals surface area contributed by atoms with E-state index in [-0.39, 0.29) is 16.5 Å². The number of anilines is 1. The number of hydrogen-bond donors (Lipinski definition) is 1. The maximum Gasteiger partial charge on any atom is 0.261 e. The Labute approximate surface area is 160 Å². The van der Waals surface area contributed by atoms with Crippen LogP contribution in [0.3, 0.4) is 0 Å². The minimum Gasteiger partial charge on any atom is -0.334 e. The first-order chi connectivity index (χ1) is 13.5. The fraction of sp³-hybridized carbons (Fsp3) is 0. The van der Waals surface area contributed by atoms with Crippen molar-refractivity contribution in [3.63, 3.8) is 0 Å². The molecule has 1 heterocycles. The van der Waals surface area contributed by atoms with Crippen molar-refractivity contribution in [3.05, 3.63) is 84.7 Å². The van der Waals surface area contributed by atoms with Gasteiger partial charge in [0.1, 0.15) is 5.82 Å². The van der Waals surface area contributed by atoms with Gasteiger partial charge in [0.05, 0.1) is 10.6 Å². The Morgan fingerprint density at radius 1 is 0.857 bits per heavy atom. The molecule has 0 bridgehead atoms. The van der Waals surface area contributed by atoms with Gasteiger partial charge in [0.25, 0.3) is 15.9 Å². The summed E-state index contributed by atoms with van der Waals surface area (Å²) in [6.07, 6.45) is 0. The van der Waals surface area contributed by atoms with Crippen LogP contribution in [0.2, 0.25) is 0 Å². The zero-order valence-electron chi connectivity index (χ0n) is 14.4. The number of aromatic nitrogens is 2. The molecule has 0 unspecified atom stereocenters. The highest BCUT2D eigenvalue weighted by Gasteiger charge is 2.17. The second-order valence-corrected chi connectivity index (χ2v) is 7.62. The fourth-order valence-corrected chi connectivity index (χ4v) is 3.70. The van der Waals surface area contributed by atoms with Crippen molar-refractivity contribution in [2.75, 3.05) is 4.72 Å². The molecule has 0 aliphatic heterocycles. The molecule has 0 saturated carbocycles. The van der Waals surface area contributed by atoms with Crippen molar-refractivity contribution < 1.29 is 17.3 Å². The Hall–Kier alpha value is -3.52. The summed E-state index contributed by atoms with van der Waals surface area (Å²) in [5.74, 6) is 0.0663. The quantitative estimate of drug-likeness (QED) is 0.543. The number of sulfonamides is 1. The highest BCUT2D eigenvalue weighted by molar-refractivity contribution is 7.92. The zero-order valence-corrected chi connectivity index (χ0v) is 15.2. The molecular weight excluding hydrogens is 381 g/mol. The molecule has 0 saturated heterocycles. The van der Waals surface area contributed by atoms with Crippen LogP contribution in [0.25, 0.3) is 22.8 Å². The summed E-state index contributed by atoms with van der Waals surface area (Å²) in [6.45, 7) is 0. The molecule has 0 spiro atoms. The molecule has 4 rings (SSSR count). The highest BCUT2D eigenvalue weighted by Crippen LogP contribution is 2.25. The van der Waals surface area contributed by atoms with Gasteiger partial charge in [-0.1, -0.05) is 47.6 Å².